The number of rotatable bonds is 2. The third-order valence-corrected chi connectivity index (χ3v) is 2.29. The van der Waals surface area contributed by atoms with E-state index in [4.69, 9.17) is 16.3 Å². The molecular weight excluding hydrogens is 250 g/mol. The second kappa shape index (κ2) is 4.06. The molecule has 0 N–H and O–H groups in total. The van der Waals surface area contributed by atoms with Crippen molar-refractivity contribution in [2.75, 3.05) is 7.11 Å². The van der Waals surface area contributed by atoms with Crippen molar-refractivity contribution in [2.24, 2.45) is 0 Å². The Morgan fingerprint density at radius 3 is 2.59 bits per heavy atom. The van der Waals surface area contributed by atoms with E-state index in [0.29, 0.717) is 5.06 Å². The molecular formula is C10H6ClNO5. The summed E-state index contributed by atoms with van der Waals surface area (Å²) in [6.07, 6.45) is 0. The summed E-state index contributed by atoms with van der Waals surface area (Å²) in [5.74, 6) is -1.30. The van der Waals surface area contributed by atoms with Gasteiger partial charge in [-0.1, -0.05) is 11.1 Å². The van der Waals surface area contributed by atoms with E-state index in [1.165, 1.54) is 19.2 Å². The van der Waals surface area contributed by atoms with Gasteiger partial charge in [0.05, 0.1) is 18.2 Å². The lowest BCUT2D eigenvalue weighted by atomic mass is 10.1. The van der Waals surface area contributed by atoms with Gasteiger partial charge in [-0.05, 0) is 12.1 Å². The number of fused-ring (bicyclic) bond motifs is 1. The van der Waals surface area contributed by atoms with Crippen LogP contribution < -0.4 is 4.74 Å². The molecule has 2 rings (SSSR count). The van der Waals surface area contributed by atoms with Crippen molar-refractivity contribution in [1.82, 2.24) is 5.06 Å². The molecule has 2 amide bonds. The van der Waals surface area contributed by atoms with Crippen LogP contribution in [-0.4, -0.2) is 29.4 Å². The molecule has 0 saturated heterocycles. The number of halogens is 1. The van der Waals surface area contributed by atoms with Crippen molar-refractivity contribution in [3.63, 3.8) is 0 Å². The Labute approximate surface area is 101 Å². The second-order valence-corrected chi connectivity index (χ2v) is 3.43. The van der Waals surface area contributed by atoms with E-state index in [-0.39, 0.29) is 16.9 Å². The predicted octanol–water partition coefficient (Wildman–Crippen LogP) is 1.58. The van der Waals surface area contributed by atoms with Crippen LogP contribution >= 0.6 is 11.6 Å². The zero-order valence-electron chi connectivity index (χ0n) is 8.60. The Bertz CT molecular complexity index is 527. The van der Waals surface area contributed by atoms with Gasteiger partial charge in [0.15, 0.2) is 0 Å². The molecule has 7 heteroatoms. The largest absolute Gasteiger partial charge is 0.496 e. The van der Waals surface area contributed by atoms with E-state index in [1.807, 2.05) is 0 Å². The summed E-state index contributed by atoms with van der Waals surface area (Å²) >= 11 is 4.97. The highest BCUT2D eigenvalue weighted by molar-refractivity contribution is 6.61. The third-order valence-electron chi connectivity index (χ3n) is 2.22. The van der Waals surface area contributed by atoms with Crippen LogP contribution in [0.5, 0.6) is 5.75 Å². The van der Waals surface area contributed by atoms with Crippen LogP contribution in [0.3, 0.4) is 0 Å². The van der Waals surface area contributed by atoms with E-state index in [0.717, 1.165) is 0 Å². The first-order valence-corrected chi connectivity index (χ1v) is 4.87. The molecule has 0 spiro atoms. The van der Waals surface area contributed by atoms with Crippen LogP contribution in [0.2, 0.25) is 0 Å². The molecule has 1 heterocycles. The summed E-state index contributed by atoms with van der Waals surface area (Å²) in [7, 11) is 1.36. The quantitative estimate of drug-likeness (QED) is 0.593. The summed E-state index contributed by atoms with van der Waals surface area (Å²) < 4.78 is 4.96. The Hall–Kier alpha value is -2.08. The van der Waals surface area contributed by atoms with Gasteiger partial charge in [0.2, 0.25) is 0 Å². The molecule has 1 aliphatic heterocycles. The first-order valence-electron chi connectivity index (χ1n) is 4.49. The minimum atomic E-state index is -1.27. The lowest BCUT2D eigenvalue weighted by molar-refractivity contribution is -0.0356. The van der Waals surface area contributed by atoms with Crippen molar-refractivity contribution in [2.45, 2.75) is 0 Å². The number of nitrogens with zero attached hydrogens (tertiary/aromatic N) is 1. The van der Waals surface area contributed by atoms with Crippen LogP contribution in [0.1, 0.15) is 20.7 Å². The fraction of sp³-hybridized carbons (Fsp3) is 0.100. The first kappa shape index (κ1) is 11.4. The number of benzene rings is 1. The zero-order valence-corrected chi connectivity index (χ0v) is 9.35. The van der Waals surface area contributed by atoms with Crippen LogP contribution in [-0.2, 0) is 4.84 Å². The molecule has 0 bridgehead atoms. The minimum absolute atomic E-state index is 0.0536. The maximum Gasteiger partial charge on any atom is 0.428 e. The standard InChI is InChI=1S/C10H6ClNO5/c1-16-6-4-2-3-5-7(6)9(14)12(8(5)13)17-10(11)15/h2-4H,1H3. The third kappa shape index (κ3) is 1.72. The maximum atomic E-state index is 11.8. The van der Waals surface area contributed by atoms with Crippen molar-refractivity contribution < 1.29 is 24.0 Å². The lowest BCUT2D eigenvalue weighted by Gasteiger charge is -2.09. The van der Waals surface area contributed by atoms with Crippen molar-refractivity contribution in [1.29, 1.82) is 0 Å². The Balaban J connectivity index is 2.49. The SMILES string of the molecule is COc1cccc2c1C(=O)N(OC(=O)Cl)C2=O. The number of hydrogen-bond donors (Lipinski definition) is 0. The van der Waals surface area contributed by atoms with Gasteiger partial charge >= 0.3 is 5.43 Å². The van der Waals surface area contributed by atoms with E-state index < -0.39 is 17.2 Å². The average molecular weight is 256 g/mol. The van der Waals surface area contributed by atoms with Gasteiger partial charge in [-0.2, -0.15) is 0 Å². The second-order valence-electron chi connectivity index (χ2n) is 3.12. The summed E-state index contributed by atoms with van der Waals surface area (Å²) in [5, 5.41) is 0.308. The fourth-order valence-electron chi connectivity index (χ4n) is 1.56. The lowest BCUT2D eigenvalue weighted by Crippen LogP contribution is -2.30. The van der Waals surface area contributed by atoms with Gasteiger partial charge in [-0.3, -0.25) is 9.59 Å². The molecule has 1 aromatic carbocycles. The summed E-state index contributed by atoms with van der Waals surface area (Å²) in [4.78, 5) is 38.4. The number of carbonyl (C=O) groups is 3. The van der Waals surface area contributed by atoms with Gasteiger partial charge in [-0.25, -0.2) is 4.79 Å². The molecule has 1 aliphatic rings. The number of imide groups is 1. The minimum Gasteiger partial charge on any atom is -0.496 e. The number of methoxy groups -OCH3 is 1. The van der Waals surface area contributed by atoms with Gasteiger partial charge < -0.3 is 9.57 Å². The van der Waals surface area contributed by atoms with E-state index >= 15 is 0 Å². The number of hydroxylamine groups is 2. The fourth-order valence-corrected chi connectivity index (χ4v) is 1.63. The van der Waals surface area contributed by atoms with Gasteiger partial charge in [0.25, 0.3) is 11.8 Å². The smallest absolute Gasteiger partial charge is 0.428 e. The van der Waals surface area contributed by atoms with Gasteiger partial charge in [0.1, 0.15) is 5.75 Å². The van der Waals surface area contributed by atoms with Crippen LogP contribution in [0.25, 0.3) is 0 Å². The Morgan fingerprint density at radius 1 is 1.29 bits per heavy atom. The molecule has 6 nitrogen and oxygen atoms in total. The molecule has 0 fully saturated rings. The molecule has 17 heavy (non-hydrogen) atoms. The Kier molecular flexibility index (Phi) is 2.72. The zero-order chi connectivity index (χ0) is 12.6. The summed E-state index contributed by atoms with van der Waals surface area (Å²) in [5.41, 5.74) is -1.11. The van der Waals surface area contributed by atoms with E-state index in [9.17, 15) is 14.4 Å². The molecule has 0 radical (unpaired) electrons. The van der Waals surface area contributed by atoms with E-state index in [2.05, 4.69) is 4.84 Å². The Morgan fingerprint density at radius 2 is 2.00 bits per heavy atom. The monoisotopic (exact) mass is 255 g/mol. The molecule has 1 aromatic rings. The van der Waals surface area contributed by atoms with Crippen molar-refractivity contribution in [3.8, 4) is 5.75 Å². The topological polar surface area (TPSA) is 72.9 Å². The summed E-state index contributed by atoms with van der Waals surface area (Å²) in [6.45, 7) is 0. The molecule has 0 aliphatic carbocycles. The number of ether oxygens (including phenoxy) is 1. The van der Waals surface area contributed by atoms with Gasteiger partial charge in [0, 0.05) is 11.6 Å². The number of amides is 2. The highest BCUT2D eigenvalue weighted by Gasteiger charge is 2.41. The molecule has 0 saturated carbocycles. The number of carbonyl (C=O) groups excluding carboxylic acids is 3. The first-order chi connectivity index (χ1) is 8.06. The van der Waals surface area contributed by atoms with Crippen molar-refractivity contribution >= 4 is 28.8 Å². The molecule has 0 atom stereocenters. The van der Waals surface area contributed by atoms with Crippen LogP contribution in [0, 0.1) is 0 Å². The van der Waals surface area contributed by atoms with E-state index in [1.54, 1.807) is 6.07 Å². The molecule has 88 valence electrons. The normalized spacial score (nSPS) is 13.6. The highest BCUT2D eigenvalue weighted by Crippen LogP contribution is 2.30. The number of hydrogen-bond acceptors (Lipinski definition) is 5. The van der Waals surface area contributed by atoms with Crippen LogP contribution in [0.15, 0.2) is 18.2 Å². The van der Waals surface area contributed by atoms with Crippen molar-refractivity contribution in [3.05, 3.63) is 29.3 Å². The van der Waals surface area contributed by atoms with Crippen LogP contribution in [0.4, 0.5) is 4.79 Å². The summed E-state index contributed by atoms with van der Waals surface area (Å²) in [6, 6.07) is 4.51. The maximum absolute atomic E-state index is 11.8. The molecule has 0 unspecified atom stereocenters. The average Bonchev–Trinajstić information content (AvgIpc) is 2.54. The van der Waals surface area contributed by atoms with Gasteiger partial charge in [-0.15, -0.1) is 0 Å². The molecule has 0 aromatic heterocycles. The predicted molar refractivity (Wildman–Crippen MR) is 55.8 cm³/mol. The highest BCUT2D eigenvalue weighted by atomic mass is 35.5.